The third kappa shape index (κ3) is 3.76. The van der Waals surface area contributed by atoms with Crippen LogP contribution in [0.25, 0.3) is 0 Å². The van der Waals surface area contributed by atoms with Gasteiger partial charge >= 0.3 is 5.97 Å². The summed E-state index contributed by atoms with van der Waals surface area (Å²) in [6.07, 6.45) is 0. The highest BCUT2D eigenvalue weighted by Crippen LogP contribution is 2.27. The van der Waals surface area contributed by atoms with Crippen molar-refractivity contribution in [3.63, 3.8) is 0 Å². The standard InChI is InChI=1S/C14H20O5/c1-3-17-11-19-14(10-15,13(16)18-4-2)12-8-6-5-7-9-12/h5-9,15H,3-4,10-11H2,1-2H3. The summed E-state index contributed by atoms with van der Waals surface area (Å²) in [4.78, 5) is 12.1. The van der Waals surface area contributed by atoms with Crippen molar-refractivity contribution in [3.8, 4) is 0 Å². The summed E-state index contributed by atoms with van der Waals surface area (Å²) in [5.74, 6) is -0.622. The zero-order valence-electron chi connectivity index (χ0n) is 11.3. The lowest BCUT2D eigenvalue weighted by Gasteiger charge is -2.29. The zero-order chi connectivity index (χ0) is 14.1. The number of esters is 1. The summed E-state index contributed by atoms with van der Waals surface area (Å²) >= 11 is 0. The van der Waals surface area contributed by atoms with Gasteiger partial charge in [-0.15, -0.1) is 0 Å². The van der Waals surface area contributed by atoms with E-state index in [1.807, 2.05) is 13.0 Å². The van der Waals surface area contributed by atoms with Gasteiger partial charge in [0, 0.05) is 6.61 Å². The van der Waals surface area contributed by atoms with Crippen LogP contribution in [0.3, 0.4) is 0 Å². The molecule has 1 N–H and O–H groups in total. The van der Waals surface area contributed by atoms with E-state index in [1.54, 1.807) is 31.2 Å². The molecule has 0 fully saturated rings. The van der Waals surface area contributed by atoms with Gasteiger partial charge < -0.3 is 19.3 Å². The highest BCUT2D eigenvalue weighted by Gasteiger charge is 2.42. The number of hydrogen-bond acceptors (Lipinski definition) is 5. The molecular weight excluding hydrogens is 248 g/mol. The first kappa shape index (κ1) is 15.6. The lowest BCUT2D eigenvalue weighted by atomic mass is 9.94. The van der Waals surface area contributed by atoms with Gasteiger partial charge in [0.15, 0.2) is 0 Å². The first-order valence-electron chi connectivity index (χ1n) is 6.26. The molecule has 0 aliphatic rings. The van der Waals surface area contributed by atoms with Gasteiger partial charge in [0.05, 0.1) is 13.2 Å². The number of carbonyl (C=O) groups is 1. The maximum atomic E-state index is 12.1. The molecule has 0 aliphatic heterocycles. The fraction of sp³-hybridized carbons (Fsp3) is 0.500. The summed E-state index contributed by atoms with van der Waals surface area (Å²) in [7, 11) is 0. The number of hydrogen-bond donors (Lipinski definition) is 1. The van der Waals surface area contributed by atoms with Crippen LogP contribution in [-0.4, -0.2) is 37.7 Å². The van der Waals surface area contributed by atoms with Crippen LogP contribution < -0.4 is 0 Å². The molecule has 1 atom stereocenters. The number of aliphatic hydroxyl groups is 1. The smallest absolute Gasteiger partial charge is 0.345 e. The maximum absolute atomic E-state index is 12.1. The lowest BCUT2D eigenvalue weighted by molar-refractivity contribution is -0.200. The summed E-state index contributed by atoms with van der Waals surface area (Å²) in [6.45, 7) is 3.59. The Bertz CT molecular complexity index is 379. The molecule has 0 saturated heterocycles. The second kappa shape index (κ2) is 7.89. The number of ether oxygens (including phenoxy) is 3. The molecule has 0 aromatic heterocycles. The van der Waals surface area contributed by atoms with Gasteiger partial charge in [-0.25, -0.2) is 4.79 Å². The first-order valence-corrected chi connectivity index (χ1v) is 6.26. The molecule has 19 heavy (non-hydrogen) atoms. The predicted octanol–water partition coefficient (Wildman–Crippen LogP) is 1.45. The van der Waals surface area contributed by atoms with E-state index in [1.165, 1.54) is 0 Å². The van der Waals surface area contributed by atoms with Crippen molar-refractivity contribution < 1.29 is 24.1 Å². The van der Waals surface area contributed by atoms with Crippen LogP contribution in [-0.2, 0) is 24.6 Å². The van der Waals surface area contributed by atoms with Gasteiger partial charge in [-0.05, 0) is 19.4 Å². The molecule has 0 heterocycles. The Morgan fingerprint density at radius 1 is 1.21 bits per heavy atom. The SMILES string of the molecule is CCOCOC(CO)(C(=O)OCC)c1ccccc1. The average molecular weight is 268 g/mol. The van der Waals surface area contributed by atoms with Crippen molar-refractivity contribution in [2.24, 2.45) is 0 Å². The molecule has 1 aromatic carbocycles. The molecule has 0 bridgehead atoms. The molecule has 1 unspecified atom stereocenters. The van der Waals surface area contributed by atoms with E-state index < -0.39 is 18.2 Å². The Kier molecular flexibility index (Phi) is 6.49. The summed E-state index contributed by atoms with van der Waals surface area (Å²) in [5, 5.41) is 9.64. The van der Waals surface area contributed by atoms with Crippen LogP contribution >= 0.6 is 0 Å². The van der Waals surface area contributed by atoms with E-state index in [0.29, 0.717) is 12.2 Å². The zero-order valence-corrected chi connectivity index (χ0v) is 11.3. The molecule has 5 heteroatoms. The molecule has 0 radical (unpaired) electrons. The Morgan fingerprint density at radius 2 is 1.89 bits per heavy atom. The van der Waals surface area contributed by atoms with Gasteiger partial charge in [-0.1, -0.05) is 30.3 Å². The number of rotatable bonds is 8. The van der Waals surface area contributed by atoms with Crippen LogP contribution in [0.5, 0.6) is 0 Å². The maximum Gasteiger partial charge on any atom is 0.345 e. The molecular formula is C14H20O5. The molecule has 1 aromatic rings. The van der Waals surface area contributed by atoms with Crippen LogP contribution in [0.4, 0.5) is 0 Å². The Labute approximate surface area is 113 Å². The monoisotopic (exact) mass is 268 g/mol. The fourth-order valence-corrected chi connectivity index (χ4v) is 1.64. The highest BCUT2D eigenvalue weighted by molar-refractivity contribution is 5.81. The van der Waals surface area contributed by atoms with Gasteiger partial charge in [-0.3, -0.25) is 0 Å². The molecule has 0 spiro atoms. The van der Waals surface area contributed by atoms with Gasteiger partial charge in [-0.2, -0.15) is 0 Å². The van der Waals surface area contributed by atoms with Crippen molar-refractivity contribution in [2.45, 2.75) is 19.4 Å². The molecule has 0 amide bonds. The van der Waals surface area contributed by atoms with Crippen molar-refractivity contribution in [1.82, 2.24) is 0 Å². The second-order valence-electron chi connectivity index (χ2n) is 3.83. The third-order valence-electron chi connectivity index (χ3n) is 2.66. The van der Waals surface area contributed by atoms with Crippen molar-refractivity contribution in [2.75, 3.05) is 26.6 Å². The van der Waals surface area contributed by atoms with Crippen molar-refractivity contribution in [3.05, 3.63) is 35.9 Å². The minimum atomic E-state index is -1.54. The molecule has 106 valence electrons. The van der Waals surface area contributed by atoms with Crippen molar-refractivity contribution >= 4 is 5.97 Å². The van der Waals surface area contributed by atoms with Crippen LogP contribution in [0.2, 0.25) is 0 Å². The minimum absolute atomic E-state index is 0.0925. The Balaban J connectivity index is 3.02. The van der Waals surface area contributed by atoms with Gasteiger partial charge in [0.25, 0.3) is 0 Å². The first-order chi connectivity index (χ1) is 9.21. The number of carbonyl (C=O) groups excluding carboxylic acids is 1. The predicted molar refractivity (Wildman–Crippen MR) is 69.4 cm³/mol. The van der Waals surface area contributed by atoms with Gasteiger partial charge in [0.2, 0.25) is 5.60 Å². The normalized spacial score (nSPS) is 13.8. The minimum Gasteiger partial charge on any atom is -0.464 e. The van der Waals surface area contributed by atoms with Crippen LogP contribution in [0.15, 0.2) is 30.3 Å². The average Bonchev–Trinajstić information content (AvgIpc) is 2.45. The van der Waals surface area contributed by atoms with E-state index in [2.05, 4.69) is 0 Å². The lowest BCUT2D eigenvalue weighted by Crippen LogP contribution is -2.44. The molecule has 1 rings (SSSR count). The van der Waals surface area contributed by atoms with Crippen LogP contribution in [0.1, 0.15) is 19.4 Å². The highest BCUT2D eigenvalue weighted by atomic mass is 16.7. The van der Waals surface area contributed by atoms with E-state index in [9.17, 15) is 9.90 Å². The molecule has 0 saturated carbocycles. The van der Waals surface area contributed by atoms with E-state index in [4.69, 9.17) is 14.2 Å². The number of aliphatic hydroxyl groups excluding tert-OH is 1. The Hall–Kier alpha value is -1.43. The second-order valence-corrected chi connectivity index (χ2v) is 3.83. The topological polar surface area (TPSA) is 65.0 Å². The molecule has 5 nitrogen and oxygen atoms in total. The van der Waals surface area contributed by atoms with Gasteiger partial charge in [0.1, 0.15) is 6.79 Å². The van der Waals surface area contributed by atoms with E-state index >= 15 is 0 Å². The van der Waals surface area contributed by atoms with Crippen molar-refractivity contribution in [1.29, 1.82) is 0 Å². The van der Waals surface area contributed by atoms with E-state index in [-0.39, 0.29) is 13.4 Å². The summed E-state index contributed by atoms with van der Waals surface area (Å²) in [6, 6.07) is 8.77. The Morgan fingerprint density at radius 3 is 2.42 bits per heavy atom. The fourth-order valence-electron chi connectivity index (χ4n) is 1.64. The summed E-state index contributed by atoms with van der Waals surface area (Å²) < 4.78 is 15.6. The van der Waals surface area contributed by atoms with Crippen LogP contribution in [0, 0.1) is 0 Å². The number of benzene rings is 1. The quantitative estimate of drug-likeness (QED) is 0.439. The third-order valence-corrected chi connectivity index (χ3v) is 2.66. The molecule has 0 aliphatic carbocycles. The van der Waals surface area contributed by atoms with E-state index in [0.717, 1.165) is 0 Å². The summed E-state index contributed by atoms with van der Waals surface area (Å²) in [5.41, 5.74) is -0.998. The largest absolute Gasteiger partial charge is 0.464 e.